The molecule has 5 rings (SSSR count). The number of nitrogens with zero attached hydrogens (tertiary/aromatic N) is 3. The second-order valence-corrected chi connectivity index (χ2v) is 12.4. The molecule has 2 fully saturated rings. The maximum Gasteiger partial charge on any atom is 0.252 e. The Morgan fingerprint density at radius 2 is 1.90 bits per heavy atom. The van der Waals surface area contributed by atoms with Gasteiger partial charge in [0, 0.05) is 19.6 Å². The molecule has 0 aliphatic carbocycles. The van der Waals surface area contributed by atoms with Gasteiger partial charge in [-0.05, 0) is 55.7 Å². The van der Waals surface area contributed by atoms with Crippen LogP contribution in [-0.4, -0.2) is 48.1 Å². The number of amides is 1. The molecule has 0 unspecified atom stereocenters. The van der Waals surface area contributed by atoms with Crippen molar-refractivity contribution in [3.63, 3.8) is 0 Å². The molecule has 9 heteroatoms. The Morgan fingerprint density at radius 3 is 2.71 bits per heavy atom. The van der Waals surface area contributed by atoms with Crippen molar-refractivity contribution in [1.82, 2.24) is 14.2 Å². The molecule has 2 saturated heterocycles. The average molecular weight is 476 g/mol. The summed E-state index contributed by atoms with van der Waals surface area (Å²) in [4.78, 5) is 20.4. The number of hydrogen-bond acceptors (Lipinski definition) is 6. The van der Waals surface area contributed by atoms with Crippen LogP contribution in [0.1, 0.15) is 43.2 Å². The fraction of sp³-hybridized carbons (Fsp3) is 0.455. The van der Waals surface area contributed by atoms with Crippen LogP contribution in [0.25, 0.3) is 10.2 Å². The number of carbonyl (C=O) groups excluding carboxylic acids is 1. The topological polar surface area (TPSA) is 70.6 Å². The minimum Gasteiger partial charge on any atom is -0.333 e. The Morgan fingerprint density at radius 1 is 1.03 bits per heavy atom. The van der Waals surface area contributed by atoms with Crippen LogP contribution in [0, 0.1) is 5.92 Å². The lowest BCUT2D eigenvalue weighted by molar-refractivity contribution is -0.140. The van der Waals surface area contributed by atoms with Crippen molar-refractivity contribution in [1.29, 1.82) is 0 Å². The molecule has 31 heavy (non-hydrogen) atoms. The first-order valence-corrected chi connectivity index (χ1v) is 13.9. The zero-order valence-corrected chi connectivity index (χ0v) is 19.6. The van der Waals surface area contributed by atoms with E-state index in [0.29, 0.717) is 23.7 Å². The molecule has 1 aromatic carbocycles. The SMILES string of the molecule is O=C([C@H]1CCCN(S(=O)(=O)c2cccs2)C1)N1CCCC[C@@H]1c1nc2ccccc2s1. The quantitative estimate of drug-likeness (QED) is 0.557. The van der Waals surface area contributed by atoms with Crippen LogP contribution in [-0.2, 0) is 14.8 Å². The monoisotopic (exact) mass is 475 g/mol. The van der Waals surface area contributed by atoms with Gasteiger partial charge in [-0.2, -0.15) is 4.31 Å². The van der Waals surface area contributed by atoms with Gasteiger partial charge < -0.3 is 4.90 Å². The van der Waals surface area contributed by atoms with Gasteiger partial charge in [-0.25, -0.2) is 13.4 Å². The van der Waals surface area contributed by atoms with E-state index in [1.807, 2.05) is 23.1 Å². The minimum atomic E-state index is -3.53. The number of carbonyl (C=O) groups is 1. The molecule has 4 heterocycles. The van der Waals surface area contributed by atoms with Crippen molar-refractivity contribution in [2.45, 2.75) is 42.4 Å². The van der Waals surface area contributed by atoms with Crippen molar-refractivity contribution in [3.8, 4) is 0 Å². The number of sulfonamides is 1. The van der Waals surface area contributed by atoms with Gasteiger partial charge in [-0.3, -0.25) is 4.79 Å². The Hall–Kier alpha value is -1.81. The van der Waals surface area contributed by atoms with Gasteiger partial charge in [-0.15, -0.1) is 22.7 Å². The summed E-state index contributed by atoms with van der Waals surface area (Å²) in [6.45, 7) is 1.46. The fourth-order valence-corrected chi connectivity index (χ4v) is 8.40. The first-order valence-electron chi connectivity index (χ1n) is 10.7. The molecular weight excluding hydrogens is 450 g/mol. The second kappa shape index (κ2) is 8.61. The molecule has 0 saturated carbocycles. The highest BCUT2D eigenvalue weighted by molar-refractivity contribution is 7.91. The first kappa shape index (κ1) is 21.1. The van der Waals surface area contributed by atoms with Gasteiger partial charge in [0.2, 0.25) is 5.91 Å². The molecule has 2 aliphatic heterocycles. The van der Waals surface area contributed by atoms with Crippen molar-refractivity contribution in [3.05, 3.63) is 46.8 Å². The Balaban J connectivity index is 1.37. The maximum absolute atomic E-state index is 13.6. The predicted molar refractivity (Wildman–Crippen MR) is 124 cm³/mol. The van der Waals surface area contributed by atoms with E-state index in [0.717, 1.165) is 40.9 Å². The molecule has 164 valence electrons. The highest BCUT2D eigenvalue weighted by Gasteiger charge is 2.38. The van der Waals surface area contributed by atoms with E-state index >= 15 is 0 Å². The summed E-state index contributed by atoms with van der Waals surface area (Å²) in [5.74, 6) is -0.214. The summed E-state index contributed by atoms with van der Waals surface area (Å²) in [6.07, 6.45) is 4.42. The van der Waals surface area contributed by atoms with Crippen molar-refractivity contribution < 1.29 is 13.2 Å². The molecule has 0 N–H and O–H groups in total. The highest BCUT2D eigenvalue weighted by atomic mass is 32.2. The maximum atomic E-state index is 13.6. The van der Waals surface area contributed by atoms with E-state index in [2.05, 4.69) is 6.07 Å². The lowest BCUT2D eigenvalue weighted by Crippen LogP contribution is -2.48. The smallest absolute Gasteiger partial charge is 0.252 e. The number of hydrogen-bond donors (Lipinski definition) is 0. The second-order valence-electron chi connectivity index (χ2n) is 8.20. The first-order chi connectivity index (χ1) is 15.0. The molecule has 2 aromatic heterocycles. The van der Waals surface area contributed by atoms with Gasteiger partial charge in [0.25, 0.3) is 10.0 Å². The zero-order chi connectivity index (χ0) is 21.4. The number of piperidine rings is 2. The summed E-state index contributed by atoms with van der Waals surface area (Å²) < 4.78 is 29.0. The van der Waals surface area contributed by atoms with E-state index in [-0.39, 0.29) is 24.4 Å². The van der Waals surface area contributed by atoms with Crippen LogP contribution in [0.15, 0.2) is 46.0 Å². The lowest BCUT2D eigenvalue weighted by Gasteiger charge is -2.39. The summed E-state index contributed by atoms with van der Waals surface area (Å²) in [5, 5.41) is 2.77. The highest BCUT2D eigenvalue weighted by Crippen LogP contribution is 2.37. The number of thiophene rings is 1. The summed E-state index contributed by atoms with van der Waals surface area (Å²) in [7, 11) is -3.53. The summed E-state index contributed by atoms with van der Waals surface area (Å²) >= 11 is 2.89. The van der Waals surface area contributed by atoms with Crippen LogP contribution in [0.2, 0.25) is 0 Å². The number of thiazole rings is 1. The number of rotatable bonds is 4. The molecule has 2 atom stereocenters. The van der Waals surface area contributed by atoms with Gasteiger partial charge >= 0.3 is 0 Å². The molecule has 3 aromatic rings. The third-order valence-corrected chi connectivity index (χ3v) is 10.6. The van der Waals surface area contributed by atoms with Crippen LogP contribution < -0.4 is 0 Å². The van der Waals surface area contributed by atoms with E-state index in [4.69, 9.17) is 4.98 Å². The average Bonchev–Trinajstić information content (AvgIpc) is 3.49. The molecule has 0 radical (unpaired) electrons. The number of fused-ring (bicyclic) bond motifs is 1. The van der Waals surface area contributed by atoms with Crippen molar-refractivity contribution >= 4 is 48.8 Å². The summed E-state index contributed by atoms with van der Waals surface area (Å²) in [5.41, 5.74) is 0.978. The summed E-state index contributed by atoms with van der Waals surface area (Å²) in [6, 6.07) is 11.5. The molecule has 0 spiro atoms. The molecule has 1 amide bonds. The van der Waals surface area contributed by atoms with Crippen molar-refractivity contribution in [2.24, 2.45) is 5.92 Å². The van der Waals surface area contributed by atoms with E-state index in [9.17, 15) is 13.2 Å². The molecule has 2 aliphatic rings. The van der Waals surface area contributed by atoms with Crippen molar-refractivity contribution in [2.75, 3.05) is 19.6 Å². The largest absolute Gasteiger partial charge is 0.333 e. The standard InChI is InChI=1S/C22H25N3O3S3/c26-22(16-7-5-12-24(15-16)31(27,28)20-11-6-14-29-20)25-13-4-3-9-18(25)21-23-17-8-1-2-10-19(17)30-21/h1-2,6,8,10-11,14,16,18H,3-5,7,9,12-13,15H2/t16-,18+/m0/s1. The van der Waals surface area contributed by atoms with E-state index in [1.165, 1.54) is 15.6 Å². The van der Waals surface area contributed by atoms with Gasteiger partial charge in [0.05, 0.1) is 22.2 Å². The number of likely N-dealkylation sites (tertiary alicyclic amines) is 1. The Labute approximate surface area is 190 Å². The van der Waals surface area contributed by atoms with Crippen LogP contribution >= 0.6 is 22.7 Å². The number of aromatic nitrogens is 1. The van der Waals surface area contributed by atoms with E-state index < -0.39 is 10.0 Å². The Bertz CT molecular complexity index is 1140. The fourth-order valence-electron chi connectivity index (χ4n) is 4.62. The number of benzene rings is 1. The van der Waals surface area contributed by atoms with Crippen LogP contribution in [0.4, 0.5) is 0 Å². The lowest BCUT2D eigenvalue weighted by atomic mass is 9.94. The third kappa shape index (κ3) is 4.04. The normalized spacial score (nSPS) is 23.3. The zero-order valence-electron chi connectivity index (χ0n) is 17.1. The molecular formula is C22H25N3O3S3. The van der Waals surface area contributed by atoms with Crippen LogP contribution in [0.5, 0.6) is 0 Å². The van der Waals surface area contributed by atoms with Gasteiger partial charge in [0.15, 0.2) is 0 Å². The van der Waals surface area contributed by atoms with Gasteiger partial charge in [-0.1, -0.05) is 18.2 Å². The number of para-hydroxylation sites is 1. The third-order valence-electron chi connectivity index (χ3n) is 6.20. The van der Waals surface area contributed by atoms with E-state index in [1.54, 1.807) is 28.8 Å². The minimum absolute atomic E-state index is 0.0112. The predicted octanol–water partition coefficient (Wildman–Crippen LogP) is 4.51. The molecule has 0 bridgehead atoms. The molecule has 6 nitrogen and oxygen atoms in total. The van der Waals surface area contributed by atoms with Gasteiger partial charge in [0.1, 0.15) is 9.22 Å². The Kier molecular flexibility index (Phi) is 5.85. The van der Waals surface area contributed by atoms with Crippen LogP contribution in [0.3, 0.4) is 0 Å².